The fourth-order valence-corrected chi connectivity index (χ4v) is 5.32. The molecule has 3 heterocycles. The van der Waals surface area contributed by atoms with E-state index in [1.165, 1.54) is 37.8 Å². The molecule has 0 amide bonds. The lowest BCUT2D eigenvalue weighted by Gasteiger charge is -2.40. The summed E-state index contributed by atoms with van der Waals surface area (Å²) in [5, 5.41) is 5.13. The molecule has 1 saturated carbocycles. The van der Waals surface area contributed by atoms with Crippen molar-refractivity contribution in [1.29, 1.82) is 0 Å². The number of ether oxygens (including phenoxy) is 1. The number of aromatic nitrogens is 2. The minimum atomic E-state index is -4.33. The van der Waals surface area contributed by atoms with E-state index in [1.54, 1.807) is 10.9 Å². The van der Waals surface area contributed by atoms with Crippen molar-refractivity contribution in [2.45, 2.75) is 76.4 Å². The maximum Gasteiger partial charge on any atom is 0.416 e. The second-order valence-corrected chi connectivity index (χ2v) is 9.66. The molecule has 1 aromatic heterocycles. The topological polar surface area (TPSA) is 30.3 Å². The Morgan fingerprint density at radius 2 is 1.83 bits per heavy atom. The Morgan fingerprint density at radius 1 is 1.10 bits per heavy atom. The summed E-state index contributed by atoms with van der Waals surface area (Å²) in [5.74, 6) is 1.12. The minimum absolute atomic E-state index is 0.315. The normalized spacial score (nSPS) is 28.3. The summed E-state index contributed by atoms with van der Waals surface area (Å²) in [7, 11) is 0. The molecule has 0 unspecified atom stereocenters. The largest absolute Gasteiger partial charge is 0.416 e. The molecule has 4 atom stereocenters. The van der Waals surface area contributed by atoms with E-state index in [0.717, 1.165) is 43.4 Å². The van der Waals surface area contributed by atoms with Gasteiger partial charge >= 0.3 is 6.18 Å². The summed E-state index contributed by atoms with van der Waals surface area (Å²) in [6.45, 7) is 4.70. The zero-order valence-electron chi connectivity index (χ0n) is 17.4. The first-order chi connectivity index (χ1) is 14.4. The predicted molar refractivity (Wildman–Crippen MR) is 109 cm³/mol. The van der Waals surface area contributed by atoms with Crippen molar-refractivity contribution >= 4 is 10.9 Å². The van der Waals surface area contributed by atoms with E-state index in [1.807, 2.05) is 0 Å². The predicted octanol–water partition coefficient (Wildman–Crippen LogP) is 5.11. The van der Waals surface area contributed by atoms with Crippen LogP contribution in [0.4, 0.5) is 13.2 Å². The second kappa shape index (κ2) is 7.83. The lowest BCUT2D eigenvalue weighted by molar-refractivity contribution is -0.137. The molecule has 1 aliphatic carbocycles. The number of rotatable bonds is 7. The van der Waals surface area contributed by atoms with Gasteiger partial charge in [-0.05, 0) is 62.5 Å². The van der Waals surface area contributed by atoms with Crippen LogP contribution in [0.5, 0.6) is 0 Å². The second-order valence-electron chi connectivity index (χ2n) is 9.66. The van der Waals surface area contributed by atoms with E-state index >= 15 is 0 Å². The van der Waals surface area contributed by atoms with Crippen LogP contribution in [0.25, 0.3) is 10.9 Å². The highest BCUT2D eigenvalue weighted by Crippen LogP contribution is 2.39. The van der Waals surface area contributed by atoms with E-state index in [9.17, 15) is 13.2 Å². The number of halogens is 3. The smallest absolute Gasteiger partial charge is 0.378 e. The number of hydrogen-bond acceptors (Lipinski definition) is 3. The Bertz CT molecular complexity index is 877. The zero-order chi connectivity index (χ0) is 20.9. The van der Waals surface area contributed by atoms with Crippen molar-refractivity contribution in [3.63, 3.8) is 0 Å². The van der Waals surface area contributed by atoms with Gasteiger partial charge in [0.05, 0.1) is 23.4 Å². The van der Waals surface area contributed by atoms with Crippen LogP contribution in [0.3, 0.4) is 0 Å². The average Bonchev–Trinajstić information content (AvgIpc) is 3.41. The van der Waals surface area contributed by atoms with Gasteiger partial charge in [-0.25, -0.2) is 0 Å². The molecule has 0 N–H and O–H groups in total. The fourth-order valence-electron chi connectivity index (χ4n) is 5.32. The number of hydrogen-bond donors (Lipinski definition) is 0. The number of fused-ring (bicyclic) bond motifs is 3. The Hall–Kier alpha value is -1.60. The molecule has 4 nitrogen and oxygen atoms in total. The van der Waals surface area contributed by atoms with Crippen molar-refractivity contribution in [1.82, 2.24) is 14.7 Å². The highest BCUT2D eigenvalue weighted by Gasteiger charge is 2.41. The van der Waals surface area contributed by atoms with Crippen LogP contribution in [0, 0.1) is 11.8 Å². The van der Waals surface area contributed by atoms with Crippen LogP contribution < -0.4 is 0 Å². The molecule has 164 valence electrons. The van der Waals surface area contributed by atoms with Crippen molar-refractivity contribution in [3.05, 3.63) is 30.0 Å². The molecular formula is C23H30F3N3O. The molecule has 30 heavy (non-hydrogen) atoms. The van der Waals surface area contributed by atoms with Crippen LogP contribution in [-0.2, 0) is 17.5 Å². The molecule has 0 radical (unpaired) electrons. The molecular weight excluding hydrogens is 391 g/mol. The average molecular weight is 422 g/mol. The van der Waals surface area contributed by atoms with E-state index in [0.29, 0.717) is 36.2 Å². The van der Waals surface area contributed by atoms with Gasteiger partial charge in [0.2, 0.25) is 0 Å². The number of alkyl halides is 3. The Labute approximate surface area is 175 Å². The van der Waals surface area contributed by atoms with E-state index in [4.69, 9.17) is 4.74 Å². The summed E-state index contributed by atoms with van der Waals surface area (Å²) in [5.41, 5.74) is -0.0532. The maximum atomic E-state index is 13.1. The molecule has 3 aliphatic rings. The number of nitrogens with zero attached hydrogens (tertiary/aromatic N) is 3. The van der Waals surface area contributed by atoms with E-state index in [-0.39, 0.29) is 0 Å². The molecule has 5 rings (SSSR count). The van der Waals surface area contributed by atoms with Crippen molar-refractivity contribution in [2.24, 2.45) is 11.8 Å². The standard InChI is InChI=1S/C23H30F3N3O/c1-15(13-29-22-8-18(23(24,25)26)5-4-17(22)11-27-29)12-28-19-6-7-20(28)10-21(9-19)30-14-16-2-3-16/h4-5,8,11,15-16,19-21H,2-3,6-7,9-10,12-14H2,1H3/t15-,19-,20+,21+/m1/s1. The van der Waals surface area contributed by atoms with Gasteiger partial charge in [0.25, 0.3) is 0 Å². The minimum Gasteiger partial charge on any atom is -0.378 e. The Kier molecular flexibility index (Phi) is 5.30. The van der Waals surface area contributed by atoms with Gasteiger partial charge in [0.15, 0.2) is 0 Å². The van der Waals surface area contributed by atoms with Gasteiger partial charge in [0, 0.05) is 37.2 Å². The molecule has 2 saturated heterocycles. The van der Waals surface area contributed by atoms with Crippen LogP contribution in [-0.4, -0.2) is 46.0 Å². The van der Waals surface area contributed by atoms with Crippen molar-refractivity contribution in [3.8, 4) is 0 Å². The lowest BCUT2D eigenvalue weighted by Crippen LogP contribution is -2.47. The first kappa shape index (κ1) is 20.3. The summed E-state index contributed by atoms with van der Waals surface area (Å²) >= 11 is 0. The van der Waals surface area contributed by atoms with Crippen LogP contribution in [0.15, 0.2) is 24.4 Å². The summed E-state index contributed by atoms with van der Waals surface area (Å²) in [4.78, 5) is 2.63. The molecule has 1 aromatic carbocycles. The fraction of sp³-hybridized carbons (Fsp3) is 0.696. The van der Waals surface area contributed by atoms with E-state index < -0.39 is 11.7 Å². The Morgan fingerprint density at radius 3 is 2.50 bits per heavy atom. The molecule has 2 bridgehead atoms. The first-order valence-electron chi connectivity index (χ1n) is 11.3. The Balaban J connectivity index is 1.22. The van der Waals surface area contributed by atoms with Gasteiger partial charge < -0.3 is 4.74 Å². The third-order valence-corrected chi connectivity index (χ3v) is 7.08. The van der Waals surface area contributed by atoms with Crippen molar-refractivity contribution in [2.75, 3.05) is 13.2 Å². The van der Waals surface area contributed by atoms with Crippen LogP contribution in [0.2, 0.25) is 0 Å². The summed E-state index contributed by atoms with van der Waals surface area (Å²) in [6, 6.07) is 5.04. The van der Waals surface area contributed by atoms with Crippen LogP contribution >= 0.6 is 0 Å². The SMILES string of the molecule is C[C@H](CN1[C@@H]2CC[C@H]1C[C@@H](OCC1CC1)C2)Cn1ncc2ccc(C(F)(F)F)cc21. The maximum absolute atomic E-state index is 13.1. The van der Waals surface area contributed by atoms with Crippen LogP contribution in [0.1, 0.15) is 51.0 Å². The van der Waals surface area contributed by atoms with Gasteiger partial charge in [0.1, 0.15) is 0 Å². The third kappa shape index (κ3) is 4.24. The molecule has 7 heteroatoms. The molecule has 3 fully saturated rings. The number of benzene rings is 1. The zero-order valence-corrected chi connectivity index (χ0v) is 17.4. The van der Waals surface area contributed by atoms with E-state index in [2.05, 4.69) is 16.9 Å². The highest BCUT2D eigenvalue weighted by atomic mass is 19.4. The van der Waals surface area contributed by atoms with Crippen molar-refractivity contribution < 1.29 is 17.9 Å². The summed E-state index contributed by atoms with van der Waals surface area (Å²) in [6.07, 6.45) is 5.11. The van der Waals surface area contributed by atoms with Gasteiger partial charge in [-0.2, -0.15) is 18.3 Å². The monoisotopic (exact) mass is 421 g/mol. The highest BCUT2D eigenvalue weighted by molar-refractivity contribution is 5.79. The molecule has 0 spiro atoms. The molecule has 2 aliphatic heterocycles. The van der Waals surface area contributed by atoms with Gasteiger partial charge in [-0.1, -0.05) is 13.0 Å². The van der Waals surface area contributed by atoms with Gasteiger partial charge in [-0.15, -0.1) is 0 Å². The third-order valence-electron chi connectivity index (χ3n) is 7.08. The quantitative estimate of drug-likeness (QED) is 0.622. The van der Waals surface area contributed by atoms with Gasteiger partial charge in [-0.3, -0.25) is 9.58 Å². The number of piperidine rings is 1. The lowest BCUT2D eigenvalue weighted by atomic mass is 9.98. The first-order valence-corrected chi connectivity index (χ1v) is 11.3. The molecule has 2 aromatic rings. The summed E-state index contributed by atoms with van der Waals surface area (Å²) < 4.78 is 47.2.